The second-order valence-electron chi connectivity index (χ2n) is 9.99. The molecule has 2 heterocycles. The molecule has 0 fully saturated rings. The molecule has 0 unspecified atom stereocenters. The first-order chi connectivity index (χ1) is 18.0. The first-order valence-electron chi connectivity index (χ1n) is 13.1. The molecule has 1 aliphatic heterocycles. The zero-order valence-electron chi connectivity index (χ0n) is 22.1. The number of para-hydroxylation sites is 1. The van der Waals surface area contributed by atoms with E-state index in [0.29, 0.717) is 55.6 Å². The second kappa shape index (κ2) is 12.7. The molecule has 3 aromatic rings. The van der Waals surface area contributed by atoms with Crippen LogP contribution in [0.3, 0.4) is 0 Å². The quantitative estimate of drug-likeness (QED) is 0.471. The highest BCUT2D eigenvalue weighted by atomic mass is 16.5. The summed E-state index contributed by atoms with van der Waals surface area (Å²) in [4.78, 5) is 35.5. The first-order valence-corrected chi connectivity index (χ1v) is 13.1. The van der Waals surface area contributed by atoms with Gasteiger partial charge >= 0.3 is 0 Å². The lowest BCUT2D eigenvalue weighted by atomic mass is 10.0. The summed E-state index contributed by atoms with van der Waals surface area (Å²) >= 11 is 0. The molecule has 0 spiro atoms. The van der Waals surface area contributed by atoms with Crippen LogP contribution in [-0.4, -0.2) is 72.6 Å². The molecular weight excluding hydrogens is 466 g/mol. The molecule has 0 aliphatic carbocycles. The molecule has 7 nitrogen and oxygen atoms in total. The van der Waals surface area contributed by atoms with Crippen molar-refractivity contribution < 1.29 is 19.1 Å². The van der Waals surface area contributed by atoms with Gasteiger partial charge in [-0.3, -0.25) is 14.6 Å². The van der Waals surface area contributed by atoms with Crippen LogP contribution < -0.4 is 4.74 Å². The number of fused-ring (bicyclic) bond motifs is 2. The van der Waals surface area contributed by atoms with Gasteiger partial charge in [0.15, 0.2) is 0 Å². The molecule has 7 heteroatoms. The molecule has 2 aromatic carbocycles. The van der Waals surface area contributed by atoms with Gasteiger partial charge in [-0.1, -0.05) is 32.0 Å². The van der Waals surface area contributed by atoms with Gasteiger partial charge in [-0.25, -0.2) is 0 Å². The third kappa shape index (κ3) is 6.66. The minimum atomic E-state index is -0.121. The molecular formula is C30H37N3O4. The average Bonchev–Trinajstić information content (AvgIpc) is 2.91. The van der Waals surface area contributed by atoms with Crippen molar-refractivity contribution in [1.29, 1.82) is 0 Å². The minimum absolute atomic E-state index is 0.00216. The predicted octanol–water partition coefficient (Wildman–Crippen LogP) is 5.05. The van der Waals surface area contributed by atoms with E-state index in [2.05, 4.69) is 18.8 Å². The first kappa shape index (κ1) is 26.6. The van der Waals surface area contributed by atoms with Crippen LogP contribution in [0, 0.1) is 5.92 Å². The van der Waals surface area contributed by atoms with Crippen molar-refractivity contribution >= 4 is 22.7 Å². The van der Waals surface area contributed by atoms with E-state index in [1.54, 1.807) is 13.3 Å². The summed E-state index contributed by atoms with van der Waals surface area (Å²) in [5.41, 5.74) is 2.06. The van der Waals surface area contributed by atoms with Crippen LogP contribution in [0.4, 0.5) is 0 Å². The fourth-order valence-corrected chi connectivity index (χ4v) is 4.88. The normalized spacial score (nSPS) is 17.2. The van der Waals surface area contributed by atoms with E-state index in [0.717, 1.165) is 30.2 Å². The summed E-state index contributed by atoms with van der Waals surface area (Å²) in [6, 6.07) is 16.8. The lowest BCUT2D eigenvalue weighted by molar-refractivity contribution is 0.0545. The second-order valence-corrected chi connectivity index (χ2v) is 9.99. The van der Waals surface area contributed by atoms with E-state index in [4.69, 9.17) is 9.47 Å². The molecule has 37 heavy (non-hydrogen) atoms. The maximum Gasteiger partial charge on any atom is 0.257 e. The van der Waals surface area contributed by atoms with Crippen molar-refractivity contribution in [3.05, 3.63) is 71.9 Å². The number of carbonyl (C=O) groups excluding carboxylic acids is 2. The number of pyridine rings is 1. The number of methoxy groups -OCH3 is 1. The van der Waals surface area contributed by atoms with E-state index in [1.165, 1.54) is 0 Å². The number of amides is 2. The van der Waals surface area contributed by atoms with Crippen LogP contribution in [0.1, 0.15) is 53.8 Å². The molecule has 1 atom stereocenters. The van der Waals surface area contributed by atoms with Crippen molar-refractivity contribution in [3.8, 4) is 5.75 Å². The molecule has 0 N–H and O–H groups in total. The van der Waals surface area contributed by atoms with Crippen LogP contribution in [0.5, 0.6) is 5.75 Å². The Morgan fingerprint density at radius 2 is 1.92 bits per heavy atom. The summed E-state index contributed by atoms with van der Waals surface area (Å²) in [5.74, 6) is 0.872. The molecule has 4 rings (SSSR count). The van der Waals surface area contributed by atoms with Gasteiger partial charge in [0, 0.05) is 43.9 Å². The third-order valence-electron chi connectivity index (χ3n) is 6.77. The largest absolute Gasteiger partial charge is 0.491 e. The van der Waals surface area contributed by atoms with Crippen molar-refractivity contribution in [2.45, 2.75) is 39.2 Å². The zero-order chi connectivity index (χ0) is 26.2. The van der Waals surface area contributed by atoms with Gasteiger partial charge in [-0.05, 0) is 61.6 Å². The Hall–Kier alpha value is -3.45. The third-order valence-corrected chi connectivity index (χ3v) is 6.77. The Kier molecular flexibility index (Phi) is 9.12. The van der Waals surface area contributed by atoms with Gasteiger partial charge < -0.3 is 19.3 Å². The molecule has 1 aromatic heterocycles. The van der Waals surface area contributed by atoms with Gasteiger partial charge in [0.25, 0.3) is 11.8 Å². The smallest absolute Gasteiger partial charge is 0.257 e. The number of hydrogen-bond donors (Lipinski definition) is 0. The monoisotopic (exact) mass is 503 g/mol. The lowest BCUT2D eigenvalue weighted by Crippen LogP contribution is -2.45. The number of hydrogen-bond acceptors (Lipinski definition) is 5. The highest BCUT2D eigenvalue weighted by molar-refractivity contribution is 5.98. The van der Waals surface area contributed by atoms with E-state index < -0.39 is 0 Å². The lowest BCUT2D eigenvalue weighted by Gasteiger charge is -2.34. The van der Waals surface area contributed by atoms with Crippen molar-refractivity contribution in [3.63, 3.8) is 0 Å². The Morgan fingerprint density at radius 3 is 2.73 bits per heavy atom. The van der Waals surface area contributed by atoms with Gasteiger partial charge in [-0.15, -0.1) is 0 Å². The highest BCUT2D eigenvalue weighted by Crippen LogP contribution is 2.25. The Balaban J connectivity index is 1.66. The SMILES string of the molecule is COCCN1CCCCN(C(=O)c2ccc3ncccc3c2)[C@@H](CC(C)C)COc2ccccc2C1=O. The highest BCUT2D eigenvalue weighted by Gasteiger charge is 2.28. The van der Waals surface area contributed by atoms with Crippen LogP contribution in [0.15, 0.2) is 60.8 Å². The summed E-state index contributed by atoms with van der Waals surface area (Å²) in [6.07, 6.45) is 4.14. The maximum absolute atomic E-state index is 13.9. The van der Waals surface area contributed by atoms with Crippen molar-refractivity contribution in [1.82, 2.24) is 14.8 Å². The fourth-order valence-electron chi connectivity index (χ4n) is 4.88. The van der Waals surface area contributed by atoms with Crippen LogP contribution in [0.2, 0.25) is 0 Å². The predicted molar refractivity (Wildman–Crippen MR) is 145 cm³/mol. The van der Waals surface area contributed by atoms with Crippen molar-refractivity contribution in [2.24, 2.45) is 5.92 Å². The van der Waals surface area contributed by atoms with E-state index in [1.807, 2.05) is 64.4 Å². The summed E-state index contributed by atoms with van der Waals surface area (Å²) in [6.45, 7) is 6.80. The molecule has 0 bridgehead atoms. The number of ether oxygens (including phenoxy) is 2. The molecule has 1 aliphatic rings. The number of carbonyl (C=O) groups is 2. The fraction of sp³-hybridized carbons (Fsp3) is 0.433. The van der Waals surface area contributed by atoms with Gasteiger partial charge in [0.05, 0.1) is 23.7 Å². The van der Waals surface area contributed by atoms with E-state index in [-0.39, 0.29) is 17.9 Å². The number of aromatic nitrogens is 1. The molecule has 0 radical (unpaired) electrons. The van der Waals surface area contributed by atoms with E-state index in [9.17, 15) is 9.59 Å². The van der Waals surface area contributed by atoms with Gasteiger partial charge in [0.1, 0.15) is 12.4 Å². The standard InChI is InChI=1S/C30H37N3O4/c1-22(2)19-25-21-37-28-11-5-4-10-26(28)30(35)32(17-18-36-3)15-6-7-16-33(25)29(34)24-12-13-27-23(20-24)9-8-14-31-27/h4-5,8-14,20,22,25H,6-7,15-19,21H2,1-3H3/t25-/m0/s1. The summed E-state index contributed by atoms with van der Waals surface area (Å²) < 4.78 is 11.6. The Labute approximate surface area is 219 Å². The molecule has 0 saturated carbocycles. The van der Waals surface area contributed by atoms with Crippen LogP contribution in [0.25, 0.3) is 10.9 Å². The molecule has 196 valence electrons. The number of rotatable bonds is 6. The molecule has 0 saturated heterocycles. The summed E-state index contributed by atoms with van der Waals surface area (Å²) in [5, 5.41) is 0.945. The number of benzene rings is 2. The Morgan fingerprint density at radius 1 is 1.11 bits per heavy atom. The number of nitrogens with zero attached hydrogens (tertiary/aromatic N) is 3. The topological polar surface area (TPSA) is 72.0 Å². The zero-order valence-corrected chi connectivity index (χ0v) is 22.1. The van der Waals surface area contributed by atoms with E-state index >= 15 is 0 Å². The summed E-state index contributed by atoms with van der Waals surface area (Å²) in [7, 11) is 1.64. The van der Waals surface area contributed by atoms with Crippen LogP contribution >= 0.6 is 0 Å². The Bertz CT molecular complexity index is 1210. The minimum Gasteiger partial charge on any atom is -0.491 e. The molecule has 2 amide bonds. The van der Waals surface area contributed by atoms with Gasteiger partial charge in [0.2, 0.25) is 0 Å². The van der Waals surface area contributed by atoms with Crippen LogP contribution in [-0.2, 0) is 4.74 Å². The van der Waals surface area contributed by atoms with Crippen molar-refractivity contribution in [2.75, 3.05) is 40.0 Å². The average molecular weight is 504 g/mol. The maximum atomic E-state index is 13.9. The van der Waals surface area contributed by atoms with Gasteiger partial charge in [-0.2, -0.15) is 0 Å².